The van der Waals surface area contributed by atoms with Crippen LogP contribution in [0, 0.1) is 37.1 Å². The Kier molecular flexibility index (Phi) is 64.8. The van der Waals surface area contributed by atoms with E-state index in [9.17, 15) is 77.5 Å². The molecule has 0 aliphatic carbocycles. The Morgan fingerprint density at radius 2 is 0.904 bits per heavy atom. The Bertz CT molecular complexity index is 4420. The summed E-state index contributed by atoms with van der Waals surface area (Å²) in [6, 6.07) is 11.7. The second kappa shape index (κ2) is 66.3. The average Bonchev–Trinajstić information content (AvgIpc) is 0.801. The minimum atomic E-state index is -5.74. The summed E-state index contributed by atoms with van der Waals surface area (Å²) >= 11 is 5.29. The maximum absolute atomic E-state index is 13.1. The first-order valence-corrected chi connectivity index (χ1v) is 42.3. The first-order valence-electron chi connectivity index (χ1n) is 40.5. The third-order valence-electron chi connectivity index (χ3n) is 13.4. The Hall–Kier alpha value is -11.3. The third-order valence-corrected chi connectivity index (χ3v) is 14.5. The Morgan fingerprint density at radius 1 is 0.512 bits per heavy atom. The number of hydrogen-bond donors (Lipinski definition) is 8. The van der Waals surface area contributed by atoms with Crippen molar-refractivity contribution in [3.05, 3.63) is 183 Å². The number of pyridine rings is 7. The number of carbonyl (C=O) groups excluding carboxylic acids is 7. The molecule has 125 heavy (non-hydrogen) atoms. The van der Waals surface area contributed by atoms with Gasteiger partial charge in [0.2, 0.25) is 23.6 Å². The number of fused-ring (bicyclic) bond motifs is 4. The number of alkyl halides is 3. The molecule has 39 heteroatoms. The summed E-state index contributed by atoms with van der Waals surface area (Å²) in [7, 11) is -5.74. The van der Waals surface area contributed by atoms with Crippen molar-refractivity contribution in [2.24, 2.45) is 5.73 Å². The summed E-state index contributed by atoms with van der Waals surface area (Å²) in [6.07, 6.45) is 12.1. The fraction of sp³-hybridized carbons (Fsp3) is 0.488. The number of nitrogens with two attached hydrogens (primary N) is 1. The van der Waals surface area contributed by atoms with Crippen molar-refractivity contribution in [1.82, 2.24) is 34.9 Å². The maximum Gasteiger partial charge on any atom is 0.534 e. The molecule has 0 saturated carbocycles. The van der Waals surface area contributed by atoms with E-state index in [1.165, 1.54) is 79.4 Å². The van der Waals surface area contributed by atoms with Gasteiger partial charge in [0.05, 0.1) is 0 Å². The molecule has 0 aromatic carbocycles. The number of carbonyl (C=O) groups is 7. The monoisotopic (exact) mass is 1810 g/mol. The molecule has 7 aromatic heterocycles. The number of nitrogens with zero attached hydrogens (tertiary/aromatic N) is 6. The number of H-pyrrole nitrogens is 1. The minimum Gasteiger partial charge on any atom is -0.444 e. The highest BCUT2D eigenvalue weighted by Gasteiger charge is 2.49. The number of amides is 7. The largest absolute Gasteiger partial charge is 0.534 e. The molecule has 0 saturated heterocycles. The van der Waals surface area contributed by atoms with E-state index < -0.39 is 68.1 Å². The van der Waals surface area contributed by atoms with Gasteiger partial charge in [-0.1, -0.05) is 115 Å². The van der Waals surface area contributed by atoms with E-state index in [1.807, 2.05) is 124 Å². The zero-order valence-electron chi connectivity index (χ0n) is 76.9. The predicted molar refractivity (Wildman–Crippen MR) is 477 cm³/mol. The zero-order valence-corrected chi connectivity index (χ0v) is 78.5. The van der Waals surface area contributed by atoms with Gasteiger partial charge >= 0.3 is 33.9 Å². The number of hydrogen-bond acceptors (Lipinski definition) is 22. The van der Waals surface area contributed by atoms with E-state index in [2.05, 4.69) is 82.3 Å². The molecule has 4 aliphatic rings. The summed E-state index contributed by atoms with van der Waals surface area (Å²) in [5.41, 5.74) is 1.54. The predicted octanol–water partition coefficient (Wildman–Crippen LogP) is 20.8. The van der Waals surface area contributed by atoms with Gasteiger partial charge in [-0.25, -0.2) is 61.8 Å². The number of aromatic amines is 1. The van der Waals surface area contributed by atoms with E-state index in [-0.39, 0.29) is 93.6 Å². The van der Waals surface area contributed by atoms with Crippen molar-refractivity contribution in [3.63, 3.8) is 0 Å². The number of rotatable bonds is 9. The lowest BCUT2D eigenvalue weighted by atomic mass is 10.0. The van der Waals surface area contributed by atoms with Gasteiger partial charge in [-0.2, -0.15) is 21.6 Å². The fourth-order valence-corrected chi connectivity index (χ4v) is 9.27. The summed E-state index contributed by atoms with van der Waals surface area (Å²) in [6.45, 7) is 56.1. The molecule has 0 atom stereocenters. The topological polar surface area (TPSA) is 417 Å². The van der Waals surface area contributed by atoms with Crippen LogP contribution in [-0.4, -0.2) is 127 Å². The molecule has 9 N–H and O–H groups in total. The van der Waals surface area contributed by atoms with Gasteiger partial charge in [0, 0.05) is 129 Å². The van der Waals surface area contributed by atoms with Crippen molar-refractivity contribution in [1.29, 1.82) is 0 Å². The molecule has 7 amide bonds. The SMILES string of the molecule is C=CC(OCC)OCC.CC.CC.CC.CC.CC.CC.CC.CC(C)(C)OC(=O)Nc1cc(F)ccn1.CC(C)(C)OC(N)=O.Cc1c(F)ccnc1NC(=O)OC(C)(C)C.Cc1ccnc2c1CCC(=O)N2.Fc1ccnc(Cl)c1.O=C1CCc2c(F)ccnc2N1.O=C1CCc2c(OS(=O)(=O)C(F)(F)F)ccnc2N1.O=C1CCc2c([nH]ccc2=O)N1. The van der Waals surface area contributed by atoms with Gasteiger partial charge in [0.15, 0.2) is 17.5 Å². The van der Waals surface area contributed by atoms with Gasteiger partial charge in [-0.05, 0) is 163 Å². The van der Waals surface area contributed by atoms with E-state index >= 15 is 0 Å². The summed E-state index contributed by atoms with van der Waals surface area (Å²) in [4.78, 5) is 113. The molecule has 7 aromatic rings. The van der Waals surface area contributed by atoms with Crippen LogP contribution >= 0.6 is 11.6 Å². The first-order chi connectivity index (χ1) is 58.7. The van der Waals surface area contributed by atoms with E-state index in [0.717, 1.165) is 36.6 Å². The summed E-state index contributed by atoms with van der Waals surface area (Å²) in [5.74, 6) is -0.452. The van der Waals surface area contributed by atoms with Crippen molar-refractivity contribution in [2.75, 3.05) is 45.1 Å². The molecule has 702 valence electrons. The van der Waals surface area contributed by atoms with Crippen molar-refractivity contribution in [2.45, 2.75) is 267 Å². The zero-order chi connectivity index (χ0) is 97.6. The molecule has 4 aliphatic heterocycles. The second-order valence-electron chi connectivity index (χ2n) is 25.8. The van der Waals surface area contributed by atoms with Crippen LogP contribution in [0.2, 0.25) is 5.15 Å². The molecular weight excluding hydrogens is 1690 g/mol. The van der Waals surface area contributed by atoms with Gasteiger partial charge in [0.25, 0.3) is 0 Å². The molecule has 0 spiro atoms. The molecule has 0 radical (unpaired) electrons. The molecule has 0 bridgehead atoms. The van der Waals surface area contributed by atoms with Gasteiger partial charge in [-0.3, -0.25) is 34.6 Å². The Morgan fingerprint density at radius 3 is 1.33 bits per heavy atom. The highest BCUT2D eigenvalue weighted by Crippen LogP contribution is 2.34. The van der Waals surface area contributed by atoms with Gasteiger partial charge in [0.1, 0.15) is 80.1 Å². The average molecular weight is 1820 g/mol. The summed E-state index contributed by atoms with van der Waals surface area (Å²) < 4.78 is 138. The van der Waals surface area contributed by atoms with Crippen molar-refractivity contribution in [3.8, 4) is 5.75 Å². The standard InChI is InChI=1S/C11H15FN2O2.C10H13FN2O2.C9H7F3N2O4S.C9H10N2O.C8H7FN2O.C8H8N2O2.C7H14O2.C5H3ClFN.C5H11NO2.7C2H6/c1-7-8(12)5-6-13-9(7)14-10(15)16-11(2,3)4;1-10(2,3)15-9(14)13-8-6-7(11)4-5-12-8;10-9(11,12)19(16,17)18-6-3-4-13-8-5(6)1-2-7(15)14-8;1-6-4-5-10-9-7(6)2-3-8(12)11-9;9-6-3-4-10-8-5(6)1-2-7(12)11-8;11-6-3-4-9-8-5(6)1-2-7(12)10-8;1-4-7(8-5-2)9-6-3;6-5-3-4(7)1-2-8-5;1-5(2,3)8-4(6)7;7*1-2/h5-6H,1-4H3,(H,13,14,15);4-6H,1-3H3,(H,12,13,14);3-4H,1-2H2,(H,13,14,15);4-5H,2-3H2,1H3,(H,10,11,12);3-4H,1-2H2,(H,10,11,12);3-4H,1-2H2,(H2,9,10,11,12);4,7H,1,5-6H2,2-3H3;1-3H;1-3H3,(H2,6,7);7*1-2H3. The molecule has 0 unspecified atom stereocenters. The smallest absolute Gasteiger partial charge is 0.444 e. The lowest BCUT2D eigenvalue weighted by Crippen LogP contribution is -2.29. The lowest BCUT2D eigenvalue weighted by Gasteiger charge is -2.19. The molecule has 30 nitrogen and oxygen atoms in total. The summed E-state index contributed by atoms with van der Waals surface area (Å²) in [5, 5.41) is 15.1. The fourth-order valence-electron chi connectivity index (χ4n) is 8.62. The normalized spacial score (nSPS) is 11.8. The van der Waals surface area contributed by atoms with Crippen LogP contribution in [0.3, 0.4) is 0 Å². The van der Waals surface area contributed by atoms with E-state index in [4.69, 9.17) is 36.3 Å². The highest BCUT2D eigenvalue weighted by atomic mass is 35.5. The van der Waals surface area contributed by atoms with E-state index in [0.29, 0.717) is 68.1 Å². The third kappa shape index (κ3) is 54.2. The molecule has 11 heterocycles. The Balaban J connectivity index is -0.000000428. The van der Waals surface area contributed by atoms with Crippen LogP contribution < -0.4 is 47.2 Å². The molecule has 11 rings (SSSR count). The minimum absolute atomic E-state index is 0.00567. The number of ether oxygens (including phenoxy) is 5. The first kappa shape index (κ1) is 122. The quantitative estimate of drug-likeness (QED) is 0.0127. The van der Waals surface area contributed by atoms with Crippen LogP contribution in [0.5, 0.6) is 5.75 Å². The molecule has 0 fully saturated rings. The van der Waals surface area contributed by atoms with Crippen LogP contribution in [-0.2, 0) is 78.7 Å². The van der Waals surface area contributed by atoms with Crippen molar-refractivity contribution >= 4 is 98.5 Å². The number of primary amides is 1. The van der Waals surface area contributed by atoms with E-state index in [1.54, 1.807) is 74.6 Å². The maximum atomic E-state index is 13.1. The van der Waals surface area contributed by atoms with Gasteiger partial charge in [-0.15, -0.1) is 0 Å². The van der Waals surface area contributed by atoms with Crippen LogP contribution in [0.4, 0.5) is 80.0 Å². The number of nitrogens with one attached hydrogen (secondary N) is 7. The van der Waals surface area contributed by atoms with Gasteiger partial charge < -0.3 is 59.9 Å². The number of aryl methyl sites for hydroxylation is 1. The molecular formula is C86H130ClF7N14O16S. The van der Waals surface area contributed by atoms with Crippen LogP contribution in [0.15, 0.2) is 115 Å². The second-order valence-corrected chi connectivity index (χ2v) is 27.7. The number of anilines is 6. The lowest BCUT2D eigenvalue weighted by molar-refractivity contribution is -0.117. The number of aromatic nitrogens is 7. The Labute approximate surface area is 736 Å². The number of halogens is 8. The van der Waals surface area contributed by atoms with Crippen molar-refractivity contribution < 1.29 is 101 Å². The highest BCUT2D eigenvalue weighted by molar-refractivity contribution is 7.88. The van der Waals surface area contributed by atoms with Crippen LogP contribution in [0.1, 0.15) is 232 Å². The van der Waals surface area contributed by atoms with Crippen LogP contribution in [0.25, 0.3) is 0 Å².